The highest BCUT2D eigenvalue weighted by Crippen LogP contribution is 2.25. The standard InChI is InChI=1S/C15H19ClN4O/c1-10-6-11(2)8-20(7-10)9-13-18-15(19-21-13)12-4-3-5-17-14(12)16/h3-5,10-11H,6-9H2,1-2H3. The van der Waals surface area contributed by atoms with Gasteiger partial charge in [0.1, 0.15) is 5.15 Å². The Labute approximate surface area is 129 Å². The molecule has 21 heavy (non-hydrogen) atoms. The Bertz CT molecular complexity index is 605. The summed E-state index contributed by atoms with van der Waals surface area (Å²) in [6.07, 6.45) is 2.93. The second-order valence-electron chi connectivity index (χ2n) is 5.99. The third-order valence-electron chi connectivity index (χ3n) is 3.77. The van der Waals surface area contributed by atoms with Crippen LogP contribution in [0.4, 0.5) is 0 Å². The van der Waals surface area contributed by atoms with E-state index >= 15 is 0 Å². The molecule has 0 radical (unpaired) electrons. The van der Waals surface area contributed by atoms with Gasteiger partial charge in [0, 0.05) is 19.3 Å². The molecule has 0 spiro atoms. The number of aromatic nitrogens is 3. The number of nitrogens with zero attached hydrogens (tertiary/aromatic N) is 4. The van der Waals surface area contributed by atoms with Crippen LogP contribution in [0.2, 0.25) is 5.15 Å². The van der Waals surface area contributed by atoms with Crippen LogP contribution < -0.4 is 0 Å². The Hall–Kier alpha value is -1.46. The van der Waals surface area contributed by atoms with Gasteiger partial charge in [-0.1, -0.05) is 30.6 Å². The van der Waals surface area contributed by atoms with Crippen molar-refractivity contribution in [3.63, 3.8) is 0 Å². The number of rotatable bonds is 3. The van der Waals surface area contributed by atoms with Crippen LogP contribution in [-0.4, -0.2) is 33.1 Å². The second-order valence-corrected chi connectivity index (χ2v) is 6.35. The fourth-order valence-electron chi connectivity index (χ4n) is 3.09. The molecule has 3 rings (SSSR count). The van der Waals surface area contributed by atoms with Crippen LogP contribution in [0.1, 0.15) is 26.2 Å². The molecule has 0 bridgehead atoms. The maximum absolute atomic E-state index is 6.05. The minimum Gasteiger partial charge on any atom is -0.338 e. The van der Waals surface area contributed by atoms with Crippen molar-refractivity contribution in [3.8, 4) is 11.4 Å². The molecule has 0 saturated carbocycles. The van der Waals surface area contributed by atoms with E-state index in [1.54, 1.807) is 6.20 Å². The first-order chi connectivity index (χ1) is 10.1. The van der Waals surface area contributed by atoms with Gasteiger partial charge in [0.15, 0.2) is 0 Å². The Kier molecular flexibility index (Phi) is 4.22. The van der Waals surface area contributed by atoms with E-state index in [2.05, 4.69) is 33.9 Å². The third-order valence-corrected chi connectivity index (χ3v) is 4.07. The second kappa shape index (κ2) is 6.12. The molecule has 5 nitrogen and oxygen atoms in total. The van der Waals surface area contributed by atoms with E-state index in [0.717, 1.165) is 13.1 Å². The van der Waals surface area contributed by atoms with Crippen LogP contribution in [0.5, 0.6) is 0 Å². The van der Waals surface area contributed by atoms with E-state index in [1.165, 1.54) is 6.42 Å². The number of hydrogen-bond acceptors (Lipinski definition) is 5. The van der Waals surface area contributed by atoms with Crippen LogP contribution in [0.15, 0.2) is 22.9 Å². The van der Waals surface area contributed by atoms with Crippen LogP contribution in [-0.2, 0) is 6.54 Å². The molecule has 1 aliphatic heterocycles. The van der Waals surface area contributed by atoms with Gasteiger partial charge >= 0.3 is 0 Å². The van der Waals surface area contributed by atoms with Crippen molar-refractivity contribution in [2.24, 2.45) is 11.8 Å². The summed E-state index contributed by atoms with van der Waals surface area (Å²) >= 11 is 6.05. The van der Waals surface area contributed by atoms with Gasteiger partial charge in [0.05, 0.1) is 12.1 Å². The number of pyridine rings is 1. The highest BCUT2D eigenvalue weighted by atomic mass is 35.5. The van der Waals surface area contributed by atoms with Crippen molar-refractivity contribution in [3.05, 3.63) is 29.4 Å². The van der Waals surface area contributed by atoms with E-state index in [1.807, 2.05) is 12.1 Å². The summed E-state index contributed by atoms with van der Waals surface area (Å²) in [6, 6.07) is 3.65. The van der Waals surface area contributed by atoms with Crippen LogP contribution in [0.25, 0.3) is 11.4 Å². The van der Waals surface area contributed by atoms with E-state index in [0.29, 0.717) is 40.8 Å². The van der Waals surface area contributed by atoms with Gasteiger partial charge in [0.25, 0.3) is 0 Å². The number of halogens is 1. The van der Waals surface area contributed by atoms with Gasteiger partial charge in [0.2, 0.25) is 11.7 Å². The van der Waals surface area contributed by atoms with E-state index in [-0.39, 0.29) is 0 Å². The van der Waals surface area contributed by atoms with Gasteiger partial charge in [-0.2, -0.15) is 4.98 Å². The predicted octanol–water partition coefficient (Wildman–Crippen LogP) is 3.26. The summed E-state index contributed by atoms with van der Waals surface area (Å²) in [7, 11) is 0. The molecule has 0 amide bonds. The van der Waals surface area contributed by atoms with Crippen LogP contribution in [0.3, 0.4) is 0 Å². The SMILES string of the molecule is CC1CC(C)CN(Cc2nc(-c3cccnc3Cl)no2)C1. The summed E-state index contributed by atoms with van der Waals surface area (Å²) in [5, 5.41) is 4.41. The molecule has 1 fully saturated rings. The molecule has 2 atom stereocenters. The fraction of sp³-hybridized carbons (Fsp3) is 0.533. The first-order valence-corrected chi connectivity index (χ1v) is 7.65. The lowest BCUT2D eigenvalue weighted by atomic mass is 9.92. The molecular weight excluding hydrogens is 288 g/mol. The van der Waals surface area contributed by atoms with Gasteiger partial charge in [-0.05, 0) is 30.4 Å². The molecule has 3 heterocycles. The quantitative estimate of drug-likeness (QED) is 0.815. The molecule has 0 aliphatic carbocycles. The summed E-state index contributed by atoms with van der Waals surface area (Å²) in [6.45, 7) is 7.43. The Morgan fingerprint density at radius 3 is 2.81 bits per heavy atom. The highest BCUT2D eigenvalue weighted by Gasteiger charge is 2.23. The van der Waals surface area contributed by atoms with Crippen molar-refractivity contribution < 1.29 is 4.52 Å². The maximum atomic E-state index is 6.05. The largest absolute Gasteiger partial charge is 0.338 e. The lowest BCUT2D eigenvalue weighted by Crippen LogP contribution is -2.38. The lowest BCUT2D eigenvalue weighted by molar-refractivity contribution is 0.121. The molecule has 112 valence electrons. The monoisotopic (exact) mass is 306 g/mol. The van der Waals surface area contributed by atoms with Crippen LogP contribution in [0, 0.1) is 11.8 Å². The molecular formula is C15H19ClN4O. The van der Waals surface area contributed by atoms with Crippen molar-refractivity contribution in [1.29, 1.82) is 0 Å². The maximum Gasteiger partial charge on any atom is 0.241 e. The van der Waals surface area contributed by atoms with Gasteiger partial charge < -0.3 is 4.52 Å². The molecule has 0 N–H and O–H groups in total. The summed E-state index contributed by atoms with van der Waals surface area (Å²) in [5.74, 6) is 2.56. The molecule has 6 heteroatoms. The minimum absolute atomic E-state index is 0.394. The highest BCUT2D eigenvalue weighted by molar-refractivity contribution is 6.31. The first kappa shape index (κ1) is 14.5. The Balaban J connectivity index is 1.72. The van der Waals surface area contributed by atoms with Gasteiger partial charge in [-0.25, -0.2) is 4.98 Å². The van der Waals surface area contributed by atoms with Crippen molar-refractivity contribution in [1.82, 2.24) is 20.0 Å². The number of likely N-dealkylation sites (tertiary alicyclic amines) is 1. The average molecular weight is 307 g/mol. The molecule has 0 aromatic carbocycles. The lowest BCUT2D eigenvalue weighted by Gasteiger charge is -2.33. The predicted molar refractivity (Wildman–Crippen MR) is 80.8 cm³/mol. The molecule has 2 aromatic rings. The Morgan fingerprint density at radius 2 is 2.10 bits per heavy atom. The fourth-order valence-corrected chi connectivity index (χ4v) is 3.30. The van der Waals surface area contributed by atoms with Crippen LogP contribution >= 0.6 is 11.6 Å². The van der Waals surface area contributed by atoms with Crippen molar-refractivity contribution in [2.75, 3.05) is 13.1 Å². The van der Waals surface area contributed by atoms with E-state index < -0.39 is 0 Å². The molecule has 1 saturated heterocycles. The first-order valence-electron chi connectivity index (χ1n) is 7.27. The van der Waals surface area contributed by atoms with E-state index in [4.69, 9.17) is 16.1 Å². The van der Waals surface area contributed by atoms with Crippen molar-refractivity contribution in [2.45, 2.75) is 26.8 Å². The summed E-state index contributed by atoms with van der Waals surface area (Å²) < 4.78 is 5.36. The molecule has 2 unspecified atom stereocenters. The molecule has 1 aliphatic rings. The zero-order valence-electron chi connectivity index (χ0n) is 12.3. The topological polar surface area (TPSA) is 55.1 Å². The smallest absolute Gasteiger partial charge is 0.241 e. The van der Waals surface area contributed by atoms with Crippen molar-refractivity contribution >= 4 is 11.6 Å². The average Bonchev–Trinajstić information content (AvgIpc) is 2.86. The normalized spacial score (nSPS) is 23.4. The zero-order chi connectivity index (χ0) is 14.8. The van der Waals surface area contributed by atoms with E-state index in [9.17, 15) is 0 Å². The van der Waals surface area contributed by atoms with Gasteiger partial charge in [-0.15, -0.1) is 0 Å². The van der Waals surface area contributed by atoms with Gasteiger partial charge in [-0.3, -0.25) is 4.90 Å². The number of hydrogen-bond donors (Lipinski definition) is 0. The molecule has 2 aromatic heterocycles. The number of piperidine rings is 1. The minimum atomic E-state index is 0.394. The zero-order valence-corrected chi connectivity index (χ0v) is 13.0. The summed E-state index contributed by atoms with van der Waals surface area (Å²) in [5.41, 5.74) is 0.703. The Morgan fingerprint density at radius 1 is 1.33 bits per heavy atom. The third kappa shape index (κ3) is 3.41. The summed E-state index contributed by atoms with van der Waals surface area (Å²) in [4.78, 5) is 10.9.